The van der Waals surface area contributed by atoms with Crippen molar-refractivity contribution in [1.82, 2.24) is 9.99 Å². The zero-order valence-electron chi connectivity index (χ0n) is 26.6. The topological polar surface area (TPSA) is 111 Å². The van der Waals surface area contributed by atoms with Crippen LogP contribution < -0.4 is 9.91 Å². The van der Waals surface area contributed by atoms with E-state index in [1.165, 1.54) is 19.2 Å². The molecule has 2 saturated heterocycles. The molecular formula is C35H28Cl2F4N4O5. The third-order valence-electron chi connectivity index (χ3n) is 10.7. The maximum atomic E-state index is 14.5. The third kappa shape index (κ3) is 4.76. The number of hydrogen-bond acceptors (Lipinski definition) is 7. The van der Waals surface area contributed by atoms with Crippen LogP contribution in [0, 0.1) is 41.8 Å². The van der Waals surface area contributed by atoms with Crippen LogP contribution in [0.15, 0.2) is 60.2 Å². The highest BCUT2D eigenvalue weighted by Crippen LogP contribution is 2.64. The SMILES string of the molecule is Cc1cccc(C2C3=CCC4C(=O)N(N(C)c5nc(C(F)(F)F)ccc5Cl)C(=O)C4C3CC3C(=O)N(c4ccc(F)c(Cl)c4)C(=O)C32C)c1O. The summed E-state index contributed by atoms with van der Waals surface area (Å²) >= 11 is 12.3. The van der Waals surface area contributed by atoms with Gasteiger partial charge in [-0.3, -0.25) is 24.2 Å². The minimum Gasteiger partial charge on any atom is -0.507 e. The highest BCUT2D eigenvalue weighted by molar-refractivity contribution is 6.33. The molecule has 0 radical (unpaired) electrons. The molecule has 1 aromatic heterocycles. The first-order valence-corrected chi connectivity index (χ1v) is 16.4. The number of alkyl halides is 3. The number of rotatable bonds is 4. The van der Waals surface area contributed by atoms with E-state index in [0.29, 0.717) is 22.8 Å². The molecule has 15 heteroatoms. The van der Waals surface area contributed by atoms with Crippen LogP contribution in [0.3, 0.4) is 0 Å². The second-order valence-corrected chi connectivity index (χ2v) is 14.1. The van der Waals surface area contributed by atoms with Crippen LogP contribution in [0.25, 0.3) is 0 Å². The van der Waals surface area contributed by atoms with Gasteiger partial charge in [-0.05, 0) is 68.5 Å². The summed E-state index contributed by atoms with van der Waals surface area (Å²) in [5.74, 6) is -8.75. The van der Waals surface area contributed by atoms with E-state index in [1.807, 2.05) is 0 Å². The van der Waals surface area contributed by atoms with Crippen LogP contribution in [0.1, 0.15) is 42.5 Å². The number of pyridine rings is 1. The van der Waals surface area contributed by atoms with Crippen LogP contribution in [-0.4, -0.2) is 45.8 Å². The molecule has 7 rings (SSSR count). The van der Waals surface area contributed by atoms with E-state index in [1.54, 1.807) is 38.1 Å². The fourth-order valence-electron chi connectivity index (χ4n) is 8.33. The number of para-hydroxylation sites is 1. The number of aromatic hydroxyl groups is 1. The van der Waals surface area contributed by atoms with E-state index < -0.39 is 82.1 Å². The molecule has 2 aliphatic carbocycles. The standard InChI is InChI=1S/C35H28Cl2F4N4O5/c1-15-5-4-6-19(28(15)46)27-17-8-9-18-26(32(49)45(30(18)47)43(3)29-22(36)10-12-25(42-29)35(39,40)41)20(17)14-21-31(48)44(33(50)34(21,27)2)16-7-11-24(38)23(37)13-16/h4-8,10-13,18,20-21,26-27,46H,9,14H2,1-3H3. The number of phenols is 1. The first-order valence-electron chi connectivity index (χ1n) is 15.7. The zero-order chi connectivity index (χ0) is 36.2. The number of carbonyl (C=O) groups excluding carboxylic acids is 4. The Hall–Kier alpha value is -4.49. The lowest BCUT2D eigenvalue weighted by molar-refractivity contribution is -0.141. The van der Waals surface area contributed by atoms with Gasteiger partial charge < -0.3 is 5.11 Å². The predicted molar refractivity (Wildman–Crippen MR) is 173 cm³/mol. The first-order chi connectivity index (χ1) is 23.5. The monoisotopic (exact) mass is 730 g/mol. The summed E-state index contributed by atoms with van der Waals surface area (Å²) in [6.07, 6.45) is -3.06. The maximum absolute atomic E-state index is 14.5. The number of aryl methyl sites for hydroxylation is 1. The molecule has 3 heterocycles. The van der Waals surface area contributed by atoms with E-state index in [-0.39, 0.29) is 34.3 Å². The summed E-state index contributed by atoms with van der Waals surface area (Å²) in [5, 5.41) is 12.5. The average Bonchev–Trinajstić information content (AvgIpc) is 3.42. The number of carbonyl (C=O) groups is 4. The highest BCUT2D eigenvalue weighted by Gasteiger charge is 2.68. The molecule has 3 fully saturated rings. The normalized spacial score (nSPS) is 27.7. The van der Waals surface area contributed by atoms with Gasteiger partial charge in [0.25, 0.3) is 11.8 Å². The van der Waals surface area contributed by atoms with Gasteiger partial charge in [0.05, 0.1) is 38.9 Å². The molecule has 6 atom stereocenters. The molecule has 9 nitrogen and oxygen atoms in total. The number of benzene rings is 2. The maximum Gasteiger partial charge on any atom is 0.433 e. The number of fused-ring (bicyclic) bond motifs is 4. The summed E-state index contributed by atoms with van der Waals surface area (Å²) in [4.78, 5) is 61.6. The van der Waals surface area contributed by atoms with Crippen LogP contribution in [0.5, 0.6) is 5.75 Å². The molecule has 4 amide bonds. The van der Waals surface area contributed by atoms with Crippen molar-refractivity contribution < 1.29 is 41.8 Å². The van der Waals surface area contributed by atoms with E-state index in [2.05, 4.69) is 4.98 Å². The molecule has 2 aliphatic heterocycles. The van der Waals surface area contributed by atoms with Crippen molar-refractivity contribution >= 4 is 58.3 Å². The Morgan fingerprint density at radius 1 is 0.980 bits per heavy atom. The van der Waals surface area contributed by atoms with Crippen molar-refractivity contribution in [3.63, 3.8) is 0 Å². The Balaban J connectivity index is 1.34. The Bertz CT molecular complexity index is 2060. The van der Waals surface area contributed by atoms with Gasteiger partial charge in [-0.2, -0.15) is 18.2 Å². The molecule has 4 aliphatic rings. The van der Waals surface area contributed by atoms with E-state index >= 15 is 0 Å². The molecule has 6 unspecified atom stereocenters. The molecule has 2 aromatic carbocycles. The number of imide groups is 2. The first kappa shape index (κ1) is 34.0. The Morgan fingerprint density at radius 2 is 1.70 bits per heavy atom. The van der Waals surface area contributed by atoms with E-state index in [4.69, 9.17) is 23.2 Å². The Labute approximate surface area is 293 Å². The fourth-order valence-corrected chi connectivity index (χ4v) is 8.74. The zero-order valence-corrected chi connectivity index (χ0v) is 28.1. The van der Waals surface area contributed by atoms with Crippen LogP contribution in [0.2, 0.25) is 10.0 Å². The minimum absolute atomic E-state index is 0.0400. The van der Waals surface area contributed by atoms with E-state index in [0.717, 1.165) is 27.1 Å². The Morgan fingerprint density at radius 3 is 2.38 bits per heavy atom. The van der Waals surface area contributed by atoms with Gasteiger partial charge in [-0.25, -0.2) is 14.3 Å². The summed E-state index contributed by atoms with van der Waals surface area (Å²) in [6, 6.07) is 10.2. The number of amides is 4. The summed E-state index contributed by atoms with van der Waals surface area (Å²) in [7, 11) is 1.21. The van der Waals surface area contributed by atoms with Crippen LogP contribution in [0.4, 0.5) is 29.1 Å². The third-order valence-corrected chi connectivity index (χ3v) is 11.3. The van der Waals surface area contributed by atoms with Crippen LogP contribution >= 0.6 is 23.2 Å². The van der Waals surface area contributed by atoms with Gasteiger partial charge in [0.15, 0.2) is 5.82 Å². The van der Waals surface area contributed by atoms with Gasteiger partial charge in [0.2, 0.25) is 11.8 Å². The second kappa shape index (κ2) is 11.5. The molecule has 1 N–H and O–H groups in total. The van der Waals surface area contributed by atoms with Crippen molar-refractivity contribution in [3.05, 3.63) is 92.9 Å². The molecule has 3 aromatic rings. The molecule has 260 valence electrons. The molecule has 50 heavy (non-hydrogen) atoms. The number of nitrogens with zero attached hydrogens (tertiary/aromatic N) is 4. The number of aromatic nitrogens is 1. The summed E-state index contributed by atoms with van der Waals surface area (Å²) in [5.41, 5.74) is -1.29. The van der Waals surface area contributed by atoms with Crippen molar-refractivity contribution in [2.24, 2.45) is 29.1 Å². The highest BCUT2D eigenvalue weighted by atomic mass is 35.5. The van der Waals surface area contributed by atoms with Crippen molar-refractivity contribution in [2.75, 3.05) is 17.0 Å². The molecule has 0 bridgehead atoms. The number of phenolic OH excluding ortho intramolecular Hbond substituents is 1. The fraction of sp³-hybridized carbons (Fsp3) is 0.343. The Kier molecular flexibility index (Phi) is 7.83. The average molecular weight is 732 g/mol. The number of hydrogen-bond donors (Lipinski definition) is 1. The lowest BCUT2D eigenvalue weighted by atomic mass is 9.51. The van der Waals surface area contributed by atoms with Crippen molar-refractivity contribution in [1.29, 1.82) is 0 Å². The van der Waals surface area contributed by atoms with Gasteiger partial charge in [0.1, 0.15) is 17.3 Å². The van der Waals surface area contributed by atoms with Gasteiger partial charge in [-0.1, -0.05) is 53.1 Å². The van der Waals surface area contributed by atoms with Crippen molar-refractivity contribution in [3.8, 4) is 5.75 Å². The lowest BCUT2D eigenvalue weighted by Gasteiger charge is -2.49. The van der Waals surface area contributed by atoms with E-state index in [9.17, 15) is 41.8 Å². The van der Waals surface area contributed by atoms with Gasteiger partial charge in [0, 0.05) is 18.5 Å². The largest absolute Gasteiger partial charge is 0.507 e. The molecule has 0 spiro atoms. The number of halogens is 6. The summed E-state index contributed by atoms with van der Waals surface area (Å²) in [6.45, 7) is 3.31. The minimum atomic E-state index is -4.82. The second-order valence-electron chi connectivity index (χ2n) is 13.3. The number of hydrazine groups is 1. The lowest BCUT2D eigenvalue weighted by Crippen LogP contribution is -2.49. The van der Waals surface area contributed by atoms with Crippen LogP contribution in [-0.2, 0) is 25.4 Å². The number of allylic oxidation sites excluding steroid dienone is 2. The smallest absolute Gasteiger partial charge is 0.433 e. The summed E-state index contributed by atoms with van der Waals surface area (Å²) < 4.78 is 54.8. The van der Waals surface area contributed by atoms with Gasteiger partial charge >= 0.3 is 6.18 Å². The van der Waals surface area contributed by atoms with Gasteiger partial charge in [-0.15, -0.1) is 0 Å². The number of anilines is 2. The molecular weight excluding hydrogens is 703 g/mol. The van der Waals surface area contributed by atoms with Crippen molar-refractivity contribution in [2.45, 2.75) is 38.8 Å². The molecule has 1 saturated carbocycles. The predicted octanol–water partition coefficient (Wildman–Crippen LogP) is 6.84. The quantitative estimate of drug-likeness (QED) is 0.178.